The van der Waals surface area contributed by atoms with Crippen LogP contribution < -0.4 is 10.6 Å². The Bertz CT molecular complexity index is 524. The number of carbonyl (C=O) groups is 1. The number of pyridine rings is 1. The monoisotopic (exact) mass is 259 g/mol. The third-order valence-electron chi connectivity index (χ3n) is 2.58. The molecule has 0 radical (unpaired) electrons. The average molecular weight is 259 g/mol. The van der Waals surface area contributed by atoms with Crippen molar-refractivity contribution in [3.05, 3.63) is 42.0 Å². The van der Waals surface area contributed by atoms with E-state index in [-0.39, 0.29) is 5.91 Å². The van der Waals surface area contributed by atoms with Gasteiger partial charge < -0.3 is 10.6 Å². The molecule has 2 aromatic rings. The summed E-state index contributed by atoms with van der Waals surface area (Å²) in [6.07, 6.45) is 6.08. The molecule has 1 amide bonds. The van der Waals surface area contributed by atoms with Crippen LogP contribution in [0, 0.1) is 0 Å². The van der Waals surface area contributed by atoms with Crippen molar-refractivity contribution in [2.75, 3.05) is 11.9 Å². The summed E-state index contributed by atoms with van der Waals surface area (Å²) >= 11 is 0. The second kappa shape index (κ2) is 6.53. The molecule has 0 saturated heterocycles. The highest BCUT2D eigenvalue weighted by Crippen LogP contribution is 2.08. The fourth-order valence-electron chi connectivity index (χ4n) is 1.58. The Morgan fingerprint density at radius 2 is 2.37 bits per heavy atom. The molecular formula is C13H17N5O. The minimum Gasteiger partial charge on any atom is -0.385 e. The number of nitrogens with one attached hydrogen (secondary N) is 3. The summed E-state index contributed by atoms with van der Waals surface area (Å²) in [6.45, 7) is 3.40. The first-order valence-corrected chi connectivity index (χ1v) is 6.25. The molecule has 6 heteroatoms. The van der Waals surface area contributed by atoms with Gasteiger partial charge >= 0.3 is 0 Å². The summed E-state index contributed by atoms with van der Waals surface area (Å²) in [5, 5.41) is 12.5. The van der Waals surface area contributed by atoms with E-state index < -0.39 is 0 Å². The van der Waals surface area contributed by atoms with Gasteiger partial charge in [0.1, 0.15) is 5.69 Å². The lowest BCUT2D eigenvalue weighted by Crippen LogP contribution is -2.23. The SMILES string of the molecule is CCCNc1ccnc(C(=O)NCc2cn[nH]c2)c1. The van der Waals surface area contributed by atoms with Crippen LogP contribution in [0.15, 0.2) is 30.7 Å². The summed E-state index contributed by atoms with van der Waals surface area (Å²) in [7, 11) is 0. The fraction of sp³-hybridized carbons (Fsp3) is 0.308. The third kappa shape index (κ3) is 3.80. The van der Waals surface area contributed by atoms with Crippen LogP contribution >= 0.6 is 0 Å². The number of aromatic amines is 1. The van der Waals surface area contributed by atoms with Crippen molar-refractivity contribution in [2.45, 2.75) is 19.9 Å². The van der Waals surface area contributed by atoms with Crippen LogP contribution in [0.2, 0.25) is 0 Å². The van der Waals surface area contributed by atoms with E-state index >= 15 is 0 Å². The largest absolute Gasteiger partial charge is 0.385 e. The van der Waals surface area contributed by atoms with Crippen molar-refractivity contribution >= 4 is 11.6 Å². The summed E-state index contributed by atoms with van der Waals surface area (Å²) < 4.78 is 0. The zero-order valence-electron chi connectivity index (χ0n) is 10.8. The van der Waals surface area contributed by atoms with Gasteiger partial charge in [-0.2, -0.15) is 5.10 Å². The average Bonchev–Trinajstić information content (AvgIpc) is 2.96. The van der Waals surface area contributed by atoms with Crippen molar-refractivity contribution in [3.63, 3.8) is 0 Å². The minimum absolute atomic E-state index is 0.193. The van der Waals surface area contributed by atoms with Crippen molar-refractivity contribution in [2.24, 2.45) is 0 Å². The van der Waals surface area contributed by atoms with Crippen LogP contribution in [0.25, 0.3) is 0 Å². The molecule has 0 atom stereocenters. The Morgan fingerprint density at radius 1 is 1.47 bits per heavy atom. The van der Waals surface area contributed by atoms with E-state index in [0.29, 0.717) is 12.2 Å². The van der Waals surface area contributed by atoms with Gasteiger partial charge in [-0.05, 0) is 18.6 Å². The van der Waals surface area contributed by atoms with Crippen LogP contribution in [0.4, 0.5) is 5.69 Å². The van der Waals surface area contributed by atoms with Gasteiger partial charge in [0.2, 0.25) is 0 Å². The van der Waals surface area contributed by atoms with Gasteiger partial charge in [0, 0.05) is 36.7 Å². The predicted molar refractivity (Wildman–Crippen MR) is 72.8 cm³/mol. The van der Waals surface area contributed by atoms with Gasteiger partial charge in [0.05, 0.1) is 6.20 Å². The molecule has 0 saturated carbocycles. The smallest absolute Gasteiger partial charge is 0.270 e. The van der Waals surface area contributed by atoms with Gasteiger partial charge in [-0.1, -0.05) is 6.92 Å². The molecular weight excluding hydrogens is 242 g/mol. The molecule has 0 fully saturated rings. The Labute approximate surface area is 111 Å². The first-order chi connectivity index (χ1) is 9.29. The quantitative estimate of drug-likeness (QED) is 0.735. The van der Waals surface area contributed by atoms with E-state index in [1.807, 2.05) is 6.07 Å². The molecule has 3 N–H and O–H groups in total. The maximum Gasteiger partial charge on any atom is 0.270 e. The number of anilines is 1. The molecule has 0 unspecified atom stereocenters. The lowest BCUT2D eigenvalue weighted by Gasteiger charge is -2.07. The van der Waals surface area contributed by atoms with Gasteiger partial charge in [0.25, 0.3) is 5.91 Å². The normalized spacial score (nSPS) is 10.2. The van der Waals surface area contributed by atoms with Gasteiger partial charge in [-0.25, -0.2) is 0 Å². The molecule has 2 aromatic heterocycles. The molecule has 0 aliphatic rings. The maximum absolute atomic E-state index is 11.9. The van der Waals surface area contributed by atoms with Gasteiger partial charge in [-0.3, -0.25) is 14.9 Å². The first kappa shape index (κ1) is 13.1. The first-order valence-electron chi connectivity index (χ1n) is 6.25. The summed E-state index contributed by atoms with van der Waals surface area (Å²) in [5.74, 6) is -0.193. The number of amides is 1. The summed E-state index contributed by atoms with van der Waals surface area (Å²) in [6, 6.07) is 3.60. The minimum atomic E-state index is -0.193. The second-order valence-electron chi connectivity index (χ2n) is 4.15. The highest BCUT2D eigenvalue weighted by molar-refractivity contribution is 5.93. The topological polar surface area (TPSA) is 82.7 Å². The zero-order valence-corrected chi connectivity index (χ0v) is 10.8. The van der Waals surface area contributed by atoms with E-state index in [0.717, 1.165) is 24.2 Å². The number of hydrogen-bond donors (Lipinski definition) is 3. The molecule has 0 aliphatic heterocycles. The van der Waals surface area contributed by atoms with Crippen LogP contribution in [0.5, 0.6) is 0 Å². The Balaban J connectivity index is 1.94. The highest BCUT2D eigenvalue weighted by Gasteiger charge is 2.07. The Kier molecular flexibility index (Phi) is 4.49. The molecule has 6 nitrogen and oxygen atoms in total. The van der Waals surface area contributed by atoms with Crippen molar-refractivity contribution < 1.29 is 4.79 Å². The van der Waals surface area contributed by atoms with Crippen molar-refractivity contribution in [3.8, 4) is 0 Å². The molecule has 0 bridgehead atoms. The molecule has 100 valence electrons. The van der Waals surface area contributed by atoms with Crippen molar-refractivity contribution in [1.82, 2.24) is 20.5 Å². The number of aromatic nitrogens is 3. The molecule has 2 rings (SSSR count). The number of rotatable bonds is 6. The molecule has 0 aromatic carbocycles. The van der Waals surface area contributed by atoms with Gasteiger partial charge in [0.15, 0.2) is 0 Å². The molecule has 2 heterocycles. The van der Waals surface area contributed by atoms with Crippen LogP contribution in [0.3, 0.4) is 0 Å². The van der Waals surface area contributed by atoms with E-state index in [1.165, 1.54) is 0 Å². The second-order valence-corrected chi connectivity index (χ2v) is 4.15. The molecule has 0 spiro atoms. The third-order valence-corrected chi connectivity index (χ3v) is 2.58. The zero-order chi connectivity index (χ0) is 13.5. The predicted octanol–water partition coefficient (Wildman–Crippen LogP) is 1.56. The molecule has 0 aliphatic carbocycles. The Morgan fingerprint density at radius 3 is 3.11 bits per heavy atom. The maximum atomic E-state index is 11.9. The standard InChI is InChI=1S/C13H17N5O/c1-2-4-14-11-3-5-15-12(6-11)13(19)16-7-10-8-17-18-9-10/h3,5-6,8-9H,2,4,7H2,1H3,(H,14,15)(H,16,19)(H,17,18). The van der Waals surface area contributed by atoms with E-state index in [2.05, 4.69) is 32.7 Å². The number of H-pyrrole nitrogens is 1. The lowest BCUT2D eigenvalue weighted by atomic mass is 10.3. The summed E-state index contributed by atoms with van der Waals surface area (Å²) in [4.78, 5) is 16.0. The Hall–Kier alpha value is -2.37. The van der Waals surface area contributed by atoms with E-state index in [4.69, 9.17) is 0 Å². The number of nitrogens with zero attached hydrogens (tertiary/aromatic N) is 2. The number of hydrogen-bond acceptors (Lipinski definition) is 4. The fourth-order valence-corrected chi connectivity index (χ4v) is 1.58. The highest BCUT2D eigenvalue weighted by atomic mass is 16.1. The van der Waals surface area contributed by atoms with Gasteiger partial charge in [-0.15, -0.1) is 0 Å². The summed E-state index contributed by atoms with van der Waals surface area (Å²) in [5.41, 5.74) is 2.24. The van der Waals surface area contributed by atoms with E-state index in [9.17, 15) is 4.79 Å². The van der Waals surface area contributed by atoms with Crippen LogP contribution in [0.1, 0.15) is 29.4 Å². The van der Waals surface area contributed by atoms with Crippen LogP contribution in [-0.4, -0.2) is 27.6 Å². The van der Waals surface area contributed by atoms with E-state index in [1.54, 1.807) is 24.7 Å². The number of carbonyl (C=O) groups excluding carboxylic acids is 1. The van der Waals surface area contributed by atoms with Crippen LogP contribution in [-0.2, 0) is 6.54 Å². The van der Waals surface area contributed by atoms with Crippen molar-refractivity contribution in [1.29, 1.82) is 0 Å². The molecule has 19 heavy (non-hydrogen) atoms. The lowest BCUT2D eigenvalue weighted by molar-refractivity contribution is 0.0946.